The number of likely N-dealkylation sites (N-methyl/N-ethyl adjacent to an activating group) is 1. The van der Waals surface area contributed by atoms with Crippen LogP contribution < -0.4 is 10.6 Å². The van der Waals surface area contributed by atoms with Crippen molar-refractivity contribution >= 4 is 11.6 Å². The number of anilines is 1. The molecule has 1 rings (SSSR count). The van der Waals surface area contributed by atoms with Gasteiger partial charge in [-0.1, -0.05) is 13.8 Å². The Kier molecular flexibility index (Phi) is 4.28. The summed E-state index contributed by atoms with van der Waals surface area (Å²) < 4.78 is 1.72. The number of carbonyl (C=O) groups excluding carboxylic acids is 1. The highest BCUT2D eigenvalue weighted by Gasteiger charge is 2.27. The van der Waals surface area contributed by atoms with Crippen LogP contribution in [-0.2, 0) is 18.3 Å². The molecule has 0 bridgehead atoms. The maximum absolute atomic E-state index is 12.1. The fourth-order valence-corrected chi connectivity index (χ4v) is 1.70. The number of aryl methyl sites for hydroxylation is 2. The number of hydrogen-bond donors (Lipinski definition) is 2. The van der Waals surface area contributed by atoms with Gasteiger partial charge in [-0.3, -0.25) is 9.48 Å². The number of nitrogens with one attached hydrogen (secondary N) is 2. The third kappa shape index (κ3) is 3.30. The van der Waals surface area contributed by atoms with Crippen molar-refractivity contribution in [3.05, 3.63) is 11.9 Å². The van der Waals surface area contributed by atoms with E-state index >= 15 is 0 Å². The molecular formula is C12H22N4O. The van der Waals surface area contributed by atoms with Gasteiger partial charge in [0.05, 0.1) is 16.9 Å². The Bertz CT molecular complexity index is 395. The van der Waals surface area contributed by atoms with Crippen molar-refractivity contribution in [1.82, 2.24) is 15.1 Å². The van der Waals surface area contributed by atoms with E-state index in [4.69, 9.17) is 0 Å². The first-order chi connectivity index (χ1) is 7.90. The Morgan fingerprint density at radius 1 is 1.47 bits per heavy atom. The van der Waals surface area contributed by atoms with Crippen LogP contribution in [0, 0.1) is 0 Å². The highest BCUT2D eigenvalue weighted by Crippen LogP contribution is 2.15. The van der Waals surface area contributed by atoms with Crippen molar-refractivity contribution in [2.45, 2.75) is 39.7 Å². The number of aromatic nitrogens is 2. The van der Waals surface area contributed by atoms with Crippen LogP contribution in [0.2, 0.25) is 0 Å². The Hall–Kier alpha value is -1.36. The number of carbonyl (C=O) groups is 1. The average Bonchev–Trinajstić information content (AvgIpc) is 2.58. The van der Waals surface area contributed by atoms with Gasteiger partial charge in [0.15, 0.2) is 0 Å². The normalized spacial score (nSPS) is 11.6. The Morgan fingerprint density at radius 2 is 2.12 bits per heavy atom. The van der Waals surface area contributed by atoms with Crippen LogP contribution in [0.5, 0.6) is 0 Å². The Labute approximate surface area is 103 Å². The minimum absolute atomic E-state index is 0.0398. The summed E-state index contributed by atoms with van der Waals surface area (Å²) in [4.78, 5) is 12.1. The van der Waals surface area contributed by atoms with Crippen molar-refractivity contribution in [2.24, 2.45) is 7.05 Å². The lowest BCUT2D eigenvalue weighted by molar-refractivity contribution is -0.121. The van der Waals surface area contributed by atoms with Gasteiger partial charge in [0.25, 0.3) is 0 Å². The molecule has 0 spiro atoms. The Morgan fingerprint density at radius 3 is 2.65 bits per heavy atom. The van der Waals surface area contributed by atoms with Crippen molar-refractivity contribution < 1.29 is 4.79 Å². The number of hydrogen-bond acceptors (Lipinski definition) is 3. The molecule has 0 aliphatic heterocycles. The molecule has 0 saturated carbocycles. The van der Waals surface area contributed by atoms with Crippen molar-refractivity contribution in [2.75, 3.05) is 11.9 Å². The lowest BCUT2D eigenvalue weighted by atomic mass is 10.0. The van der Waals surface area contributed by atoms with Gasteiger partial charge in [0, 0.05) is 13.2 Å². The summed E-state index contributed by atoms with van der Waals surface area (Å²) in [6.45, 7) is 8.50. The molecule has 0 radical (unpaired) electrons. The SMILES string of the molecule is CCNC(C)(C)C(=O)Nc1cn(C)nc1CC. The van der Waals surface area contributed by atoms with Crippen LogP contribution >= 0.6 is 0 Å². The molecule has 96 valence electrons. The number of rotatable bonds is 5. The van der Waals surface area contributed by atoms with Crippen molar-refractivity contribution in [1.29, 1.82) is 0 Å². The standard InChI is InChI=1S/C12H22N4O/c1-6-9-10(8-16(5)15-9)14-11(17)12(3,4)13-7-2/h8,13H,6-7H2,1-5H3,(H,14,17). The summed E-state index contributed by atoms with van der Waals surface area (Å²) >= 11 is 0. The zero-order valence-electron chi connectivity index (χ0n) is 11.3. The molecule has 1 heterocycles. The number of nitrogens with zero attached hydrogens (tertiary/aromatic N) is 2. The molecule has 1 aromatic heterocycles. The molecule has 0 unspecified atom stereocenters. The van der Waals surface area contributed by atoms with Gasteiger partial charge in [-0.25, -0.2) is 0 Å². The molecule has 0 atom stereocenters. The van der Waals surface area contributed by atoms with E-state index in [1.54, 1.807) is 4.68 Å². The van der Waals surface area contributed by atoms with Gasteiger partial charge in [-0.05, 0) is 26.8 Å². The molecule has 17 heavy (non-hydrogen) atoms. The summed E-state index contributed by atoms with van der Waals surface area (Å²) in [5, 5.41) is 10.4. The predicted octanol–water partition coefficient (Wildman–Crippen LogP) is 1.31. The quantitative estimate of drug-likeness (QED) is 0.813. The molecule has 5 nitrogen and oxygen atoms in total. The van der Waals surface area contributed by atoms with E-state index in [1.165, 1.54) is 0 Å². The molecule has 5 heteroatoms. The van der Waals surface area contributed by atoms with Crippen LogP contribution in [0.1, 0.15) is 33.4 Å². The molecule has 0 aliphatic rings. The van der Waals surface area contributed by atoms with E-state index in [0.717, 1.165) is 24.3 Å². The zero-order valence-corrected chi connectivity index (χ0v) is 11.3. The first-order valence-corrected chi connectivity index (χ1v) is 5.99. The molecule has 1 aromatic rings. The molecular weight excluding hydrogens is 216 g/mol. The molecule has 2 N–H and O–H groups in total. The second kappa shape index (κ2) is 5.31. The minimum atomic E-state index is -0.574. The smallest absolute Gasteiger partial charge is 0.244 e. The average molecular weight is 238 g/mol. The van der Waals surface area contributed by atoms with Crippen LogP contribution in [0.15, 0.2) is 6.20 Å². The van der Waals surface area contributed by atoms with Crippen molar-refractivity contribution in [3.8, 4) is 0 Å². The molecule has 0 fully saturated rings. The summed E-state index contributed by atoms with van der Waals surface area (Å²) in [5.41, 5.74) is 1.13. The van der Waals surface area contributed by atoms with E-state index in [2.05, 4.69) is 15.7 Å². The van der Waals surface area contributed by atoms with Gasteiger partial charge in [-0.15, -0.1) is 0 Å². The highest BCUT2D eigenvalue weighted by atomic mass is 16.2. The number of amides is 1. The van der Waals surface area contributed by atoms with E-state index in [1.807, 2.05) is 40.9 Å². The second-order valence-electron chi connectivity index (χ2n) is 4.63. The molecule has 0 aliphatic carbocycles. The zero-order chi connectivity index (χ0) is 13.1. The van der Waals surface area contributed by atoms with E-state index in [0.29, 0.717) is 0 Å². The Balaban J connectivity index is 2.80. The third-order valence-electron chi connectivity index (χ3n) is 2.67. The lowest BCUT2D eigenvalue weighted by Gasteiger charge is -2.24. The van der Waals surface area contributed by atoms with Crippen molar-refractivity contribution in [3.63, 3.8) is 0 Å². The second-order valence-corrected chi connectivity index (χ2v) is 4.63. The maximum atomic E-state index is 12.1. The van der Waals surface area contributed by atoms with Gasteiger partial charge in [0.2, 0.25) is 5.91 Å². The van der Waals surface area contributed by atoms with Gasteiger partial charge < -0.3 is 10.6 Å². The fraction of sp³-hybridized carbons (Fsp3) is 0.667. The summed E-state index contributed by atoms with van der Waals surface area (Å²) in [6, 6.07) is 0. The summed E-state index contributed by atoms with van der Waals surface area (Å²) in [6.07, 6.45) is 2.64. The van der Waals surface area contributed by atoms with E-state index < -0.39 is 5.54 Å². The lowest BCUT2D eigenvalue weighted by Crippen LogP contribution is -2.49. The van der Waals surface area contributed by atoms with Gasteiger partial charge in [0.1, 0.15) is 0 Å². The molecule has 0 aromatic carbocycles. The van der Waals surface area contributed by atoms with Crippen LogP contribution in [0.25, 0.3) is 0 Å². The first-order valence-electron chi connectivity index (χ1n) is 5.99. The molecule has 0 saturated heterocycles. The summed E-state index contributed by atoms with van der Waals surface area (Å²) in [7, 11) is 1.85. The van der Waals surface area contributed by atoms with Gasteiger partial charge in [-0.2, -0.15) is 5.10 Å². The fourth-order valence-electron chi connectivity index (χ4n) is 1.70. The van der Waals surface area contributed by atoms with E-state index in [9.17, 15) is 4.79 Å². The van der Waals surface area contributed by atoms with E-state index in [-0.39, 0.29) is 5.91 Å². The highest BCUT2D eigenvalue weighted by molar-refractivity contribution is 5.97. The first kappa shape index (κ1) is 13.7. The monoisotopic (exact) mass is 238 g/mol. The largest absolute Gasteiger partial charge is 0.322 e. The van der Waals surface area contributed by atoms with Gasteiger partial charge >= 0.3 is 0 Å². The topological polar surface area (TPSA) is 59.0 Å². The van der Waals surface area contributed by atoms with Crippen LogP contribution in [-0.4, -0.2) is 27.8 Å². The maximum Gasteiger partial charge on any atom is 0.244 e. The molecule has 1 amide bonds. The minimum Gasteiger partial charge on any atom is -0.322 e. The summed E-state index contributed by atoms with van der Waals surface area (Å²) in [5.74, 6) is -0.0398. The third-order valence-corrected chi connectivity index (χ3v) is 2.67. The predicted molar refractivity (Wildman–Crippen MR) is 69.0 cm³/mol. The van der Waals surface area contributed by atoms with Crippen LogP contribution in [0.4, 0.5) is 5.69 Å². The van der Waals surface area contributed by atoms with Crippen LogP contribution in [0.3, 0.4) is 0 Å².